The van der Waals surface area contributed by atoms with Gasteiger partial charge in [-0.15, -0.1) is 10.2 Å². The number of cyclic esters (lactones) is 1. The Labute approximate surface area is 490 Å². The first-order valence-electron chi connectivity index (χ1n) is 29.5. The van der Waals surface area contributed by atoms with Crippen molar-refractivity contribution in [1.29, 1.82) is 0 Å². The van der Waals surface area contributed by atoms with E-state index < -0.39 is 136 Å². The molecule has 1 unspecified atom stereocenters. The Hall–Kier alpha value is -3.67. The molecule has 0 amide bonds. The first-order valence-corrected chi connectivity index (χ1v) is 31.3. The summed E-state index contributed by atoms with van der Waals surface area (Å²) in [5.41, 5.74) is -1.85. The van der Waals surface area contributed by atoms with Gasteiger partial charge in [0.05, 0.1) is 76.3 Å². The highest BCUT2D eigenvalue weighted by Gasteiger charge is 2.55. The van der Waals surface area contributed by atoms with Crippen LogP contribution in [0.15, 0.2) is 36.7 Å². The van der Waals surface area contributed by atoms with Crippen LogP contribution in [0, 0.1) is 23.7 Å². The van der Waals surface area contributed by atoms with Crippen LogP contribution in [0.1, 0.15) is 124 Å². The minimum Gasteiger partial charge on any atom is -0.459 e. The fraction of sp³-hybridized carbons (Fsp3) is 0.810. The van der Waals surface area contributed by atoms with Crippen LogP contribution in [0.2, 0.25) is 0 Å². The number of sulfone groups is 1. The van der Waals surface area contributed by atoms with Crippen molar-refractivity contribution in [3.8, 4) is 5.69 Å². The second kappa shape index (κ2) is 27.6. The summed E-state index contributed by atoms with van der Waals surface area (Å²) in [6.45, 7) is 19.1. The number of aromatic nitrogens is 6. The van der Waals surface area contributed by atoms with Gasteiger partial charge in [0.1, 0.15) is 48.8 Å². The number of methoxy groups -OCH3 is 2. The van der Waals surface area contributed by atoms with E-state index in [1.54, 1.807) is 58.6 Å². The van der Waals surface area contributed by atoms with E-state index in [2.05, 4.69) is 20.6 Å². The number of rotatable bonds is 17. The summed E-state index contributed by atoms with van der Waals surface area (Å²) in [5.74, 6) is -3.09. The van der Waals surface area contributed by atoms with E-state index in [0.29, 0.717) is 62.5 Å². The number of alkyl halides is 1. The summed E-state index contributed by atoms with van der Waals surface area (Å²) in [6.07, 6.45) is -4.80. The van der Waals surface area contributed by atoms with E-state index in [4.69, 9.17) is 28.4 Å². The Morgan fingerprint density at radius 1 is 0.916 bits per heavy atom. The molecule has 2 aromatic heterocycles. The van der Waals surface area contributed by atoms with Crippen molar-refractivity contribution in [2.24, 2.45) is 23.7 Å². The Bertz CT molecular complexity index is 2660. The Balaban J connectivity index is 1.08. The highest BCUT2D eigenvalue weighted by molar-refractivity contribution is 7.91. The first-order chi connectivity index (χ1) is 39.0. The zero-order valence-electron chi connectivity index (χ0n) is 51.2. The van der Waals surface area contributed by atoms with Crippen molar-refractivity contribution in [2.75, 3.05) is 72.7 Å². The molecule has 4 fully saturated rings. The number of benzene rings is 1. The van der Waals surface area contributed by atoms with E-state index >= 15 is 4.39 Å². The van der Waals surface area contributed by atoms with Gasteiger partial charge >= 0.3 is 5.97 Å². The number of likely N-dealkylation sites (N-methyl/N-ethyl adjacent to an activating group) is 2. The number of carbonyl (C=O) groups is 1. The summed E-state index contributed by atoms with van der Waals surface area (Å²) >= 11 is 0. The molecule has 470 valence electrons. The molecule has 5 N–H and O–H groups in total. The molecule has 1 aromatic carbocycles. The molecular weight excluding hydrogens is 1100 g/mol. The minimum atomic E-state index is -3.00. The molecule has 25 heteroatoms. The highest BCUT2D eigenvalue weighted by Crippen LogP contribution is 2.45. The fourth-order valence-corrected chi connectivity index (χ4v) is 14.8. The van der Waals surface area contributed by atoms with E-state index in [1.807, 2.05) is 73.8 Å². The number of halogens is 1. The van der Waals surface area contributed by atoms with E-state index in [9.17, 15) is 38.7 Å². The topological polar surface area (TPSA) is 279 Å². The zero-order valence-corrected chi connectivity index (χ0v) is 52.0. The van der Waals surface area contributed by atoms with Crippen LogP contribution in [0.25, 0.3) is 5.69 Å². The molecule has 20 atom stereocenters. The summed E-state index contributed by atoms with van der Waals surface area (Å²) in [4.78, 5) is 20.7. The van der Waals surface area contributed by atoms with Crippen molar-refractivity contribution in [2.45, 2.75) is 204 Å². The number of esters is 1. The van der Waals surface area contributed by atoms with Crippen LogP contribution in [0.3, 0.4) is 0 Å². The molecule has 6 heterocycles. The molecule has 0 radical (unpaired) electrons. The fourth-order valence-electron chi connectivity index (χ4n) is 13.5. The normalized spacial score (nSPS) is 38.3. The monoisotopic (exact) mass is 1190 g/mol. The molecule has 23 nitrogen and oxygen atoms in total. The molecular formula is C58H96FN9O14S. The van der Waals surface area contributed by atoms with Crippen molar-refractivity contribution in [3.63, 3.8) is 0 Å². The second-order valence-electron chi connectivity index (χ2n) is 25.3. The van der Waals surface area contributed by atoms with Crippen molar-refractivity contribution < 1.29 is 71.6 Å². The summed E-state index contributed by atoms with van der Waals surface area (Å²) in [6, 6.07) is 5.41. The molecule has 7 rings (SSSR count). The molecule has 4 saturated heterocycles. The van der Waals surface area contributed by atoms with Crippen LogP contribution in [-0.4, -0.2) is 241 Å². The molecule has 0 spiro atoms. The molecule has 83 heavy (non-hydrogen) atoms. The third-order valence-electron chi connectivity index (χ3n) is 18.7. The molecule has 4 aliphatic rings. The predicted molar refractivity (Wildman–Crippen MR) is 306 cm³/mol. The van der Waals surface area contributed by atoms with E-state index in [-0.39, 0.29) is 36.7 Å². The lowest BCUT2D eigenvalue weighted by atomic mass is 9.68. The standard InChI is InChI=1S/C58H96FN9O14S/c1-15-47-58(10,74)51(70)38(6)65(12)30-34(2)27-56(8,73)53(36(4)48(37(5)54(72)81-47)46-28-57(9,78-14)52(71)39(7)80-46)82-55-49(69)44(26-35(3)79-55)64(11)21-20-41-32-68(63-60-41)45(29-59)50(77-13)40-16-18-43(19-17-40)67-33-42(61-62-67)31-66-22-24-83(75,76)25-23-66/h16-19,32-39,44-53,55,69-71,73-74H,15,20-31H2,1-14H3/t34-,35-,36+,37-,38-,39+,44+,45-,46-,47-,48?,49-,50-,51-,52+,53-,55+,56-,57-,58-/m1/s1. The second-order valence-corrected chi connectivity index (χ2v) is 27.6. The SMILES string of the molecule is CC[C@H]1OC(=O)[C@H](C)C([C@H]2C[C@@](C)(OC)[C@@H](O)[C@H](C)O2)[C@H](C)[C@@H](O[C@@H]2O[C@H](C)C[C@H](N(C)CCc3cn([C@H](CF)[C@H](OC)c4ccc(-n5cc(CN6CCS(=O)(=O)CC6)nn5)cc4)nn3)[C@H]2O)[C@](C)(O)C[C@@H](C)CN(C)[C@H](C)[C@@H](O)[C@]1(C)O. The number of ether oxygens (including phenoxy) is 6. The lowest BCUT2D eigenvalue weighted by molar-refractivity contribution is -0.302. The average molecular weight is 1190 g/mol. The smallest absolute Gasteiger partial charge is 0.309 e. The number of hydrogen-bond acceptors (Lipinski definition) is 21. The first kappa shape index (κ1) is 66.8. The third-order valence-corrected chi connectivity index (χ3v) is 20.3. The molecule has 0 saturated carbocycles. The molecule has 0 aliphatic carbocycles. The van der Waals surface area contributed by atoms with Gasteiger partial charge in [-0.2, -0.15) is 0 Å². The van der Waals surface area contributed by atoms with Gasteiger partial charge in [-0.05, 0) is 104 Å². The van der Waals surface area contributed by atoms with Gasteiger partial charge in [0.15, 0.2) is 16.1 Å². The van der Waals surface area contributed by atoms with Gasteiger partial charge in [-0.1, -0.05) is 50.3 Å². The van der Waals surface area contributed by atoms with Crippen molar-refractivity contribution in [3.05, 3.63) is 53.6 Å². The van der Waals surface area contributed by atoms with Gasteiger partial charge in [0.2, 0.25) is 0 Å². The Morgan fingerprint density at radius 2 is 1.58 bits per heavy atom. The molecule has 0 bridgehead atoms. The summed E-state index contributed by atoms with van der Waals surface area (Å²) in [5, 5.41) is 77.8. The third kappa shape index (κ3) is 15.4. The average Bonchev–Trinajstić information content (AvgIpc) is 3.35. The van der Waals surface area contributed by atoms with Gasteiger partial charge in [0, 0.05) is 84.0 Å². The Kier molecular flexibility index (Phi) is 22.2. The lowest BCUT2D eigenvalue weighted by Crippen LogP contribution is -2.62. The predicted octanol–water partition coefficient (Wildman–Crippen LogP) is 3.09. The van der Waals surface area contributed by atoms with Gasteiger partial charge < -0.3 is 63.8 Å². The number of hydrogen-bond donors (Lipinski definition) is 5. The van der Waals surface area contributed by atoms with Crippen LogP contribution < -0.4 is 0 Å². The maximum atomic E-state index is 15.1. The number of aliphatic hydroxyl groups is 5. The van der Waals surface area contributed by atoms with E-state index in [0.717, 1.165) is 5.69 Å². The minimum absolute atomic E-state index is 0.123. The van der Waals surface area contributed by atoms with Gasteiger partial charge in [0.25, 0.3) is 0 Å². The number of carbonyl (C=O) groups excluding carboxylic acids is 1. The van der Waals surface area contributed by atoms with Gasteiger partial charge in [-0.3, -0.25) is 9.69 Å². The lowest BCUT2D eigenvalue weighted by Gasteiger charge is -2.51. The van der Waals surface area contributed by atoms with E-state index in [1.165, 1.54) is 25.8 Å². The highest BCUT2D eigenvalue weighted by atomic mass is 32.2. The number of aliphatic hydroxyl groups excluding tert-OH is 3. The van der Waals surface area contributed by atoms with Crippen LogP contribution in [0.5, 0.6) is 0 Å². The maximum Gasteiger partial charge on any atom is 0.309 e. The largest absolute Gasteiger partial charge is 0.459 e. The molecule has 4 aliphatic heterocycles. The summed E-state index contributed by atoms with van der Waals surface area (Å²) < 4.78 is 80.2. The maximum absolute atomic E-state index is 15.1. The van der Waals surface area contributed by atoms with Crippen LogP contribution >= 0.6 is 0 Å². The van der Waals surface area contributed by atoms with Crippen LogP contribution in [-0.2, 0) is 56.0 Å². The summed E-state index contributed by atoms with van der Waals surface area (Å²) in [7, 11) is 3.75. The Morgan fingerprint density at radius 3 is 2.20 bits per heavy atom. The molecule has 3 aromatic rings. The number of nitrogens with zero attached hydrogens (tertiary/aromatic N) is 9. The zero-order chi connectivity index (χ0) is 61.1. The van der Waals surface area contributed by atoms with Gasteiger partial charge in [-0.25, -0.2) is 22.2 Å². The van der Waals surface area contributed by atoms with Crippen LogP contribution in [0.4, 0.5) is 4.39 Å². The van der Waals surface area contributed by atoms with Crippen molar-refractivity contribution >= 4 is 15.8 Å². The van der Waals surface area contributed by atoms with Crippen molar-refractivity contribution in [1.82, 2.24) is 44.7 Å². The quantitative estimate of drug-likeness (QED) is 0.121.